The van der Waals surface area contributed by atoms with Crippen LogP contribution in [-0.4, -0.2) is 22.6 Å². The monoisotopic (exact) mass is 340 g/mol. The Hall–Kier alpha value is -2.15. The number of hydrogen-bond donors (Lipinski definition) is 1. The van der Waals surface area contributed by atoms with Crippen molar-refractivity contribution in [3.63, 3.8) is 0 Å². The standard InChI is InChI=1S/C17H16F4N2O/c1-16(2)9-14(24)22-23(16)15(17(19,20)21)11-7-6-10-4-3-5-13(18)12(10)8-11/h3-8,15H,9H2,1-2H3,(H,22,24)/t15-/m0/s1. The van der Waals surface area contributed by atoms with Gasteiger partial charge < -0.3 is 0 Å². The lowest BCUT2D eigenvalue weighted by Gasteiger charge is -2.38. The SMILES string of the molecule is CC1(C)CC(=O)NN1[C@@H](c1ccc2cccc(F)c2c1)C(F)(F)F. The highest BCUT2D eigenvalue weighted by atomic mass is 19.4. The van der Waals surface area contributed by atoms with Gasteiger partial charge in [-0.1, -0.05) is 24.3 Å². The average molecular weight is 340 g/mol. The van der Waals surface area contributed by atoms with Gasteiger partial charge in [0, 0.05) is 17.3 Å². The van der Waals surface area contributed by atoms with E-state index in [9.17, 15) is 22.4 Å². The van der Waals surface area contributed by atoms with Crippen molar-refractivity contribution in [1.82, 2.24) is 10.4 Å². The fourth-order valence-electron chi connectivity index (χ4n) is 3.12. The molecule has 1 atom stereocenters. The molecule has 2 aromatic rings. The minimum atomic E-state index is -4.63. The van der Waals surface area contributed by atoms with E-state index in [-0.39, 0.29) is 17.4 Å². The molecule has 1 aliphatic heterocycles. The van der Waals surface area contributed by atoms with Gasteiger partial charge in [-0.05, 0) is 36.9 Å². The number of nitrogens with zero attached hydrogens (tertiary/aromatic N) is 1. The molecule has 3 rings (SSSR count). The third kappa shape index (κ3) is 2.84. The Morgan fingerprint density at radius 3 is 2.50 bits per heavy atom. The second-order valence-electron chi connectivity index (χ2n) is 6.56. The fourth-order valence-corrected chi connectivity index (χ4v) is 3.12. The number of carbonyl (C=O) groups is 1. The molecule has 2 aromatic carbocycles. The predicted octanol–water partition coefficient (Wildman–Crippen LogP) is 4.10. The summed E-state index contributed by atoms with van der Waals surface area (Å²) in [5.74, 6) is -1.05. The molecule has 0 aromatic heterocycles. The van der Waals surface area contributed by atoms with E-state index in [4.69, 9.17) is 0 Å². The van der Waals surface area contributed by atoms with Crippen LogP contribution in [0.5, 0.6) is 0 Å². The smallest absolute Gasteiger partial charge is 0.287 e. The highest BCUT2D eigenvalue weighted by molar-refractivity contribution is 5.84. The minimum absolute atomic E-state index is 0.0402. The molecule has 1 aliphatic rings. The number of amides is 1. The highest BCUT2D eigenvalue weighted by Gasteiger charge is 2.52. The van der Waals surface area contributed by atoms with Gasteiger partial charge in [-0.2, -0.15) is 18.2 Å². The van der Waals surface area contributed by atoms with Crippen LogP contribution in [-0.2, 0) is 4.79 Å². The van der Waals surface area contributed by atoms with Gasteiger partial charge in [0.15, 0.2) is 6.04 Å². The van der Waals surface area contributed by atoms with Gasteiger partial charge in [0.25, 0.3) is 0 Å². The molecular weight excluding hydrogens is 324 g/mol. The van der Waals surface area contributed by atoms with Crippen LogP contribution < -0.4 is 5.43 Å². The Labute approximate surface area is 136 Å². The Kier molecular flexibility index (Phi) is 3.79. The van der Waals surface area contributed by atoms with Gasteiger partial charge in [0.2, 0.25) is 5.91 Å². The van der Waals surface area contributed by atoms with Gasteiger partial charge in [0.05, 0.1) is 0 Å². The maximum absolute atomic E-state index is 14.0. The first-order valence-corrected chi connectivity index (χ1v) is 7.43. The summed E-state index contributed by atoms with van der Waals surface area (Å²) in [6.07, 6.45) is -4.67. The molecule has 1 N–H and O–H groups in total. The van der Waals surface area contributed by atoms with Crippen molar-refractivity contribution >= 4 is 16.7 Å². The van der Waals surface area contributed by atoms with E-state index >= 15 is 0 Å². The topological polar surface area (TPSA) is 32.3 Å². The zero-order chi connectivity index (χ0) is 17.7. The molecule has 1 saturated heterocycles. The maximum atomic E-state index is 14.0. The number of halogens is 4. The first kappa shape index (κ1) is 16.7. The minimum Gasteiger partial charge on any atom is -0.287 e. The van der Waals surface area contributed by atoms with E-state index in [0.717, 1.165) is 5.01 Å². The molecule has 0 bridgehead atoms. The predicted molar refractivity (Wildman–Crippen MR) is 81.4 cm³/mol. The van der Waals surface area contributed by atoms with Gasteiger partial charge in [-0.25, -0.2) is 4.39 Å². The lowest BCUT2D eigenvalue weighted by Crippen LogP contribution is -2.51. The summed E-state index contributed by atoms with van der Waals surface area (Å²) in [4.78, 5) is 11.6. The normalized spacial score (nSPS) is 19.5. The van der Waals surface area contributed by atoms with Crippen LogP contribution >= 0.6 is 0 Å². The van der Waals surface area contributed by atoms with Gasteiger partial charge in [-0.15, -0.1) is 0 Å². The lowest BCUT2D eigenvalue weighted by atomic mass is 9.95. The molecule has 3 nitrogen and oxygen atoms in total. The van der Waals surface area contributed by atoms with E-state index in [0.29, 0.717) is 5.39 Å². The van der Waals surface area contributed by atoms with Crippen molar-refractivity contribution in [2.24, 2.45) is 0 Å². The maximum Gasteiger partial charge on any atom is 0.409 e. The summed E-state index contributed by atoms with van der Waals surface area (Å²) in [7, 11) is 0. The number of alkyl halides is 3. The van der Waals surface area contributed by atoms with Crippen LogP contribution in [0.25, 0.3) is 10.8 Å². The van der Waals surface area contributed by atoms with E-state index in [1.165, 1.54) is 30.3 Å². The zero-order valence-corrected chi connectivity index (χ0v) is 13.1. The van der Waals surface area contributed by atoms with Crippen LogP contribution in [0.2, 0.25) is 0 Å². The van der Waals surface area contributed by atoms with Gasteiger partial charge in [0.1, 0.15) is 5.82 Å². The summed E-state index contributed by atoms with van der Waals surface area (Å²) in [6, 6.07) is 6.26. The van der Waals surface area contributed by atoms with Gasteiger partial charge in [-0.3, -0.25) is 10.2 Å². The summed E-state index contributed by atoms with van der Waals surface area (Å²) in [6.45, 7) is 3.12. The molecule has 1 heterocycles. The summed E-state index contributed by atoms with van der Waals surface area (Å²) >= 11 is 0. The summed E-state index contributed by atoms with van der Waals surface area (Å²) < 4.78 is 55.2. The molecule has 7 heteroatoms. The number of hydrogen-bond acceptors (Lipinski definition) is 2. The molecular formula is C17H16F4N2O. The summed E-state index contributed by atoms with van der Waals surface area (Å²) in [5, 5.41) is 1.55. The van der Waals surface area contributed by atoms with Crippen LogP contribution in [0, 0.1) is 5.82 Å². The summed E-state index contributed by atoms with van der Waals surface area (Å²) in [5.41, 5.74) is 1.16. The first-order chi connectivity index (χ1) is 11.1. The van der Waals surface area contributed by atoms with Crippen molar-refractivity contribution in [2.75, 3.05) is 0 Å². The third-order valence-corrected chi connectivity index (χ3v) is 4.23. The van der Waals surface area contributed by atoms with Crippen molar-refractivity contribution < 1.29 is 22.4 Å². The second kappa shape index (κ2) is 5.44. The van der Waals surface area contributed by atoms with Crippen molar-refractivity contribution in [3.8, 4) is 0 Å². The molecule has 0 unspecified atom stereocenters. The molecule has 1 fully saturated rings. The van der Waals surface area contributed by atoms with Crippen molar-refractivity contribution in [2.45, 2.75) is 38.0 Å². The number of carbonyl (C=O) groups excluding carboxylic acids is 1. The molecule has 0 radical (unpaired) electrons. The number of nitrogens with one attached hydrogen (secondary N) is 1. The molecule has 128 valence electrons. The fraction of sp³-hybridized carbons (Fsp3) is 0.353. The lowest BCUT2D eigenvalue weighted by molar-refractivity contribution is -0.203. The second-order valence-corrected chi connectivity index (χ2v) is 6.56. The van der Waals surface area contributed by atoms with Crippen LogP contribution in [0.4, 0.5) is 17.6 Å². The van der Waals surface area contributed by atoms with E-state index in [2.05, 4.69) is 5.43 Å². The quantitative estimate of drug-likeness (QED) is 0.835. The molecule has 1 amide bonds. The average Bonchev–Trinajstić information content (AvgIpc) is 2.71. The first-order valence-electron chi connectivity index (χ1n) is 7.43. The van der Waals surface area contributed by atoms with Crippen LogP contribution in [0.1, 0.15) is 31.9 Å². The Bertz CT molecular complexity index is 801. The number of rotatable bonds is 2. The Balaban J connectivity index is 2.14. The Morgan fingerprint density at radius 1 is 1.21 bits per heavy atom. The molecule has 0 saturated carbocycles. The van der Waals surface area contributed by atoms with Crippen LogP contribution in [0.15, 0.2) is 36.4 Å². The highest BCUT2D eigenvalue weighted by Crippen LogP contribution is 2.43. The number of hydrazine groups is 1. The number of fused-ring (bicyclic) bond motifs is 1. The molecule has 0 spiro atoms. The van der Waals surface area contributed by atoms with Gasteiger partial charge >= 0.3 is 6.18 Å². The van der Waals surface area contributed by atoms with Crippen LogP contribution in [0.3, 0.4) is 0 Å². The van der Waals surface area contributed by atoms with E-state index < -0.39 is 29.5 Å². The Morgan fingerprint density at radius 2 is 1.92 bits per heavy atom. The third-order valence-electron chi connectivity index (χ3n) is 4.23. The molecule has 0 aliphatic carbocycles. The van der Waals surface area contributed by atoms with Crippen molar-refractivity contribution in [3.05, 3.63) is 47.8 Å². The zero-order valence-electron chi connectivity index (χ0n) is 13.1. The van der Waals surface area contributed by atoms with E-state index in [1.807, 2.05) is 0 Å². The molecule has 24 heavy (non-hydrogen) atoms. The van der Waals surface area contributed by atoms with Crippen molar-refractivity contribution in [1.29, 1.82) is 0 Å². The number of benzene rings is 2. The largest absolute Gasteiger partial charge is 0.409 e. The van der Waals surface area contributed by atoms with E-state index in [1.54, 1.807) is 19.9 Å².